The SMILES string of the molecule is N#Cc1c(F)c(F)c(C(O)C2C(=O)c3ccccc3C2O)c(F)c1F. The van der Waals surface area contributed by atoms with Crippen LogP contribution < -0.4 is 0 Å². The van der Waals surface area contributed by atoms with Crippen molar-refractivity contribution < 1.29 is 32.6 Å². The number of carbonyl (C=O) groups excluding carboxylic acids is 1. The average molecular weight is 351 g/mol. The Hall–Kier alpha value is -2.76. The molecule has 2 N–H and O–H groups in total. The lowest BCUT2D eigenvalue weighted by molar-refractivity contribution is 0.0191. The first-order valence-electron chi connectivity index (χ1n) is 7.06. The number of aliphatic hydroxyl groups is 2. The van der Waals surface area contributed by atoms with Crippen molar-refractivity contribution in [3.05, 3.63) is 69.8 Å². The van der Waals surface area contributed by atoms with E-state index >= 15 is 0 Å². The van der Waals surface area contributed by atoms with Crippen LogP contribution in [-0.2, 0) is 0 Å². The molecule has 0 bridgehead atoms. The first-order chi connectivity index (χ1) is 11.8. The first-order valence-corrected chi connectivity index (χ1v) is 7.06. The van der Waals surface area contributed by atoms with Gasteiger partial charge in [-0.3, -0.25) is 4.79 Å². The Balaban J connectivity index is 2.14. The minimum atomic E-state index is -2.35. The summed E-state index contributed by atoms with van der Waals surface area (Å²) in [6.07, 6.45) is -3.97. The van der Waals surface area contributed by atoms with Crippen LogP contribution in [0.2, 0.25) is 0 Å². The minimum absolute atomic E-state index is 0.0365. The lowest BCUT2D eigenvalue weighted by Gasteiger charge is -2.22. The van der Waals surface area contributed by atoms with Crippen LogP contribution in [0.4, 0.5) is 17.6 Å². The highest BCUT2D eigenvalue weighted by Crippen LogP contribution is 2.44. The first kappa shape index (κ1) is 17.1. The summed E-state index contributed by atoms with van der Waals surface area (Å²) >= 11 is 0. The summed E-state index contributed by atoms with van der Waals surface area (Å²) in [4.78, 5) is 12.3. The largest absolute Gasteiger partial charge is 0.388 e. The number of ketones is 1. The van der Waals surface area contributed by atoms with Crippen molar-refractivity contribution in [2.24, 2.45) is 5.92 Å². The van der Waals surface area contributed by atoms with Crippen LogP contribution in [0.15, 0.2) is 24.3 Å². The third-order valence-electron chi connectivity index (χ3n) is 4.23. The Morgan fingerprint density at radius 1 is 1.04 bits per heavy atom. The van der Waals surface area contributed by atoms with Crippen molar-refractivity contribution in [2.75, 3.05) is 0 Å². The molecule has 0 radical (unpaired) electrons. The quantitative estimate of drug-likeness (QED) is 0.644. The highest BCUT2D eigenvalue weighted by molar-refractivity contribution is 6.03. The zero-order valence-corrected chi connectivity index (χ0v) is 12.3. The molecule has 0 heterocycles. The topological polar surface area (TPSA) is 81.3 Å². The molecule has 3 atom stereocenters. The van der Waals surface area contributed by atoms with E-state index in [1.807, 2.05) is 0 Å². The number of Topliss-reactive ketones (excluding diaryl/α,β-unsaturated/α-hetero) is 1. The van der Waals surface area contributed by atoms with E-state index in [1.165, 1.54) is 24.3 Å². The van der Waals surface area contributed by atoms with Crippen molar-refractivity contribution in [1.29, 1.82) is 5.26 Å². The van der Waals surface area contributed by atoms with Crippen LogP contribution in [0.25, 0.3) is 0 Å². The molecule has 0 saturated carbocycles. The van der Waals surface area contributed by atoms with Crippen LogP contribution in [0, 0.1) is 40.5 Å². The highest BCUT2D eigenvalue weighted by atomic mass is 19.2. The molecule has 3 rings (SSSR count). The van der Waals surface area contributed by atoms with E-state index in [2.05, 4.69) is 0 Å². The van der Waals surface area contributed by atoms with Gasteiger partial charge in [-0.25, -0.2) is 17.6 Å². The summed E-state index contributed by atoms with van der Waals surface area (Å²) in [6.45, 7) is 0. The van der Waals surface area contributed by atoms with E-state index in [-0.39, 0.29) is 11.1 Å². The number of hydrogen-bond acceptors (Lipinski definition) is 4. The second-order valence-corrected chi connectivity index (χ2v) is 5.52. The zero-order chi connectivity index (χ0) is 18.5. The van der Waals surface area contributed by atoms with Crippen LogP contribution in [-0.4, -0.2) is 16.0 Å². The number of carbonyl (C=O) groups is 1. The molecule has 0 aliphatic heterocycles. The van der Waals surface area contributed by atoms with Crippen molar-refractivity contribution in [3.63, 3.8) is 0 Å². The summed E-state index contributed by atoms with van der Waals surface area (Å²) in [6, 6.07) is 6.71. The molecule has 0 saturated heterocycles. The van der Waals surface area contributed by atoms with Crippen LogP contribution in [0.3, 0.4) is 0 Å². The molecule has 2 aromatic carbocycles. The standard InChI is InChI=1S/C17H9F4NO3/c18-11-8(5-22)12(19)14(21)9(13(11)20)17(25)10-15(23)6-3-1-2-4-7(6)16(10)24/h1-4,10,15,17,23,25H. The molecule has 0 spiro atoms. The van der Waals surface area contributed by atoms with Crippen LogP contribution in [0.1, 0.15) is 39.3 Å². The predicted octanol–water partition coefficient (Wildman–Crippen LogP) is 2.69. The Bertz CT molecular complexity index is 909. The van der Waals surface area contributed by atoms with Gasteiger partial charge in [0, 0.05) is 5.56 Å². The lowest BCUT2D eigenvalue weighted by atomic mass is 9.89. The molecule has 3 unspecified atom stereocenters. The molecule has 2 aromatic rings. The van der Waals surface area contributed by atoms with Gasteiger partial charge in [-0.1, -0.05) is 24.3 Å². The van der Waals surface area contributed by atoms with Gasteiger partial charge in [0.25, 0.3) is 0 Å². The fourth-order valence-electron chi connectivity index (χ4n) is 3.00. The highest BCUT2D eigenvalue weighted by Gasteiger charge is 2.46. The third-order valence-corrected chi connectivity index (χ3v) is 4.23. The molecule has 0 aromatic heterocycles. The second kappa shape index (κ2) is 5.95. The van der Waals surface area contributed by atoms with Crippen molar-refractivity contribution in [2.45, 2.75) is 12.2 Å². The smallest absolute Gasteiger partial charge is 0.180 e. The van der Waals surface area contributed by atoms with E-state index in [1.54, 1.807) is 0 Å². The maximum atomic E-state index is 14.1. The van der Waals surface area contributed by atoms with E-state index < -0.39 is 58.3 Å². The average Bonchev–Trinajstić information content (AvgIpc) is 2.85. The molecular weight excluding hydrogens is 342 g/mol. The maximum absolute atomic E-state index is 14.1. The lowest BCUT2D eigenvalue weighted by Crippen LogP contribution is -2.25. The van der Waals surface area contributed by atoms with E-state index in [0.29, 0.717) is 0 Å². The Morgan fingerprint density at radius 3 is 2.12 bits per heavy atom. The molecule has 8 heteroatoms. The van der Waals surface area contributed by atoms with E-state index in [9.17, 15) is 32.6 Å². The summed E-state index contributed by atoms with van der Waals surface area (Å²) < 4.78 is 55.7. The number of benzene rings is 2. The molecular formula is C17H9F4NO3. The molecule has 1 aliphatic carbocycles. The third kappa shape index (κ3) is 2.32. The van der Waals surface area contributed by atoms with Crippen molar-refractivity contribution >= 4 is 5.78 Å². The minimum Gasteiger partial charge on any atom is -0.388 e. The van der Waals surface area contributed by atoms with Crippen LogP contribution >= 0.6 is 0 Å². The summed E-state index contributed by atoms with van der Waals surface area (Å²) in [5, 5.41) is 29.0. The Labute approximate surface area is 138 Å². The molecule has 4 nitrogen and oxygen atoms in total. The van der Waals surface area contributed by atoms with Gasteiger partial charge in [0.15, 0.2) is 29.1 Å². The monoisotopic (exact) mass is 351 g/mol. The molecule has 0 fully saturated rings. The second-order valence-electron chi connectivity index (χ2n) is 5.52. The zero-order valence-electron chi connectivity index (χ0n) is 12.3. The van der Waals surface area contributed by atoms with Gasteiger partial charge in [-0.2, -0.15) is 5.26 Å². The number of hydrogen-bond donors (Lipinski definition) is 2. The number of fused-ring (bicyclic) bond motifs is 1. The van der Waals surface area contributed by atoms with Crippen molar-refractivity contribution in [1.82, 2.24) is 0 Å². The molecule has 1 aliphatic rings. The van der Waals surface area contributed by atoms with Gasteiger partial charge in [-0.15, -0.1) is 0 Å². The Kier molecular flexibility index (Phi) is 4.06. The van der Waals surface area contributed by atoms with Gasteiger partial charge in [0.05, 0.1) is 23.7 Å². The van der Waals surface area contributed by atoms with Crippen molar-refractivity contribution in [3.8, 4) is 6.07 Å². The van der Waals surface area contributed by atoms with Crippen LogP contribution in [0.5, 0.6) is 0 Å². The number of halogens is 4. The van der Waals surface area contributed by atoms with Gasteiger partial charge in [-0.05, 0) is 5.56 Å². The number of nitrogens with zero attached hydrogens (tertiary/aromatic N) is 1. The normalized spacial score (nSPS) is 20.3. The molecule has 128 valence electrons. The number of aliphatic hydroxyl groups excluding tert-OH is 2. The predicted molar refractivity (Wildman–Crippen MR) is 75.2 cm³/mol. The van der Waals surface area contributed by atoms with E-state index in [4.69, 9.17) is 5.26 Å². The number of rotatable bonds is 2. The summed E-state index contributed by atoms with van der Waals surface area (Å²) in [5.41, 5.74) is -2.76. The molecule has 0 amide bonds. The summed E-state index contributed by atoms with van der Waals surface area (Å²) in [7, 11) is 0. The van der Waals surface area contributed by atoms with Gasteiger partial charge in [0.2, 0.25) is 0 Å². The van der Waals surface area contributed by atoms with E-state index in [0.717, 1.165) is 6.07 Å². The Morgan fingerprint density at radius 2 is 1.60 bits per heavy atom. The summed E-state index contributed by atoms with van der Waals surface area (Å²) in [5.74, 6) is -10.5. The maximum Gasteiger partial charge on any atom is 0.180 e. The number of nitriles is 1. The van der Waals surface area contributed by atoms with Gasteiger partial charge < -0.3 is 10.2 Å². The van der Waals surface area contributed by atoms with Gasteiger partial charge in [0.1, 0.15) is 11.6 Å². The fourth-order valence-corrected chi connectivity index (χ4v) is 3.00. The van der Waals surface area contributed by atoms with Gasteiger partial charge >= 0.3 is 0 Å². The fraction of sp³-hybridized carbons (Fsp3) is 0.176. The molecule has 25 heavy (non-hydrogen) atoms.